The number of hydrogen-bond donors (Lipinski definition) is 2. The van der Waals surface area contributed by atoms with Crippen molar-refractivity contribution in [2.45, 2.75) is 32.7 Å². The van der Waals surface area contributed by atoms with Gasteiger partial charge in [0.2, 0.25) is 6.79 Å². The van der Waals surface area contributed by atoms with Crippen LogP contribution in [0.1, 0.15) is 45.8 Å². The van der Waals surface area contributed by atoms with Crippen molar-refractivity contribution in [3.63, 3.8) is 0 Å². The van der Waals surface area contributed by atoms with Gasteiger partial charge in [-0.2, -0.15) is 5.10 Å². The van der Waals surface area contributed by atoms with Crippen molar-refractivity contribution in [3.05, 3.63) is 84.8 Å². The van der Waals surface area contributed by atoms with Crippen LogP contribution in [0.4, 0.5) is 17.1 Å². The van der Waals surface area contributed by atoms with Crippen molar-refractivity contribution < 1.29 is 28.5 Å². The number of furan rings is 1. The average Bonchev–Trinajstić information content (AvgIpc) is 3.50. The van der Waals surface area contributed by atoms with E-state index in [0.717, 1.165) is 17.7 Å². The number of carbonyl (C=O) groups excluding carboxylic acids is 1. The second kappa shape index (κ2) is 9.60. The van der Waals surface area contributed by atoms with E-state index in [1.165, 1.54) is 6.07 Å². The van der Waals surface area contributed by atoms with E-state index in [4.69, 9.17) is 13.9 Å². The summed E-state index contributed by atoms with van der Waals surface area (Å²) >= 11 is 0. The van der Waals surface area contributed by atoms with Gasteiger partial charge < -0.3 is 19.2 Å². The maximum Gasteiger partial charge on any atom is 0.301 e. The fourth-order valence-corrected chi connectivity index (χ4v) is 4.32. The van der Waals surface area contributed by atoms with Gasteiger partial charge in [0.15, 0.2) is 17.3 Å². The molecule has 13 heteroatoms. The summed E-state index contributed by atoms with van der Waals surface area (Å²) in [5, 5.41) is 29.6. The number of nitro groups is 2. The second-order valence-corrected chi connectivity index (χ2v) is 8.46. The van der Waals surface area contributed by atoms with Crippen LogP contribution in [0.5, 0.6) is 11.5 Å². The van der Waals surface area contributed by atoms with E-state index < -0.39 is 21.2 Å². The number of anilines is 1. The van der Waals surface area contributed by atoms with Crippen molar-refractivity contribution in [1.29, 1.82) is 0 Å². The summed E-state index contributed by atoms with van der Waals surface area (Å²) in [4.78, 5) is 33.9. The Morgan fingerprint density at radius 3 is 2.65 bits per heavy atom. The number of fused-ring (bicyclic) bond motifs is 2. The largest absolute Gasteiger partial charge is 0.455 e. The first-order valence-corrected chi connectivity index (χ1v) is 11.4. The molecule has 0 atom stereocenters. The summed E-state index contributed by atoms with van der Waals surface area (Å²) in [6.07, 6.45) is 1.88. The highest BCUT2D eigenvalue weighted by Crippen LogP contribution is 2.34. The molecule has 0 spiro atoms. The van der Waals surface area contributed by atoms with Gasteiger partial charge in [0, 0.05) is 30.2 Å². The highest BCUT2D eigenvalue weighted by Gasteiger charge is 2.28. The highest BCUT2D eigenvalue weighted by atomic mass is 16.7. The van der Waals surface area contributed by atoms with E-state index >= 15 is 0 Å². The molecule has 2 heterocycles. The third-order valence-electron chi connectivity index (χ3n) is 6.12. The summed E-state index contributed by atoms with van der Waals surface area (Å²) in [5.74, 6) is 1.67. The summed E-state index contributed by atoms with van der Waals surface area (Å²) in [6, 6.07) is 8.69. The number of carbonyl (C=O) groups is 1. The number of nitrogens with zero attached hydrogens (tertiary/aromatic N) is 3. The molecule has 3 aromatic rings. The molecule has 190 valence electrons. The first-order valence-electron chi connectivity index (χ1n) is 11.4. The van der Waals surface area contributed by atoms with E-state index in [1.807, 2.05) is 6.07 Å². The zero-order chi connectivity index (χ0) is 26.1. The van der Waals surface area contributed by atoms with Crippen LogP contribution in [0.25, 0.3) is 0 Å². The van der Waals surface area contributed by atoms with Crippen molar-refractivity contribution >= 4 is 28.7 Å². The number of hydrogen-bond acceptors (Lipinski definition) is 10. The zero-order valence-electron chi connectivity index (χ0n) is 19.6. The van der Waals surface area contributed by atoms with Crippen LogP contribution in [0.3, 0.4) is 0 Å². The molecule has 0 radical (unpaired) electrons. The lowest BCUT2D eigenvalue weighted by atomic mass is 9.93. The predicted octanol–water partition coefficient (Wildman–Crippen LogP) is 4.22. The van der Waals surface area contributed by atoms with Gasteiger partial charge in [-0.25, -0.2) is 0 Å². The Balaban J connectivity index is 1.35. The van der Waals surface area contributed by atoms with Crippen LogP contribution in [0.2, 0.25) is 0 Å². The van der Waals surface area contributed by atoms with Crippen LogP contribution < -0.4 is 20.2 Å². The molecule has 1 aromatic heterocycles. The number of nitrogens with one attached hydrogen (secondary N) is 2. The molecule has 13 nitrogen and oxygen atoms in total. The molecule has 0 saturated heterocycles. The normalized spacial score (nSPS) is 14.8. The molecule has 0 unspecified atom stereocenters. The number of non-ortho nitro benzene ring substituents is 1. The third kappa shape index (κ3) is 4.66. The minimum atomic E-state index is -0.715. The van der Waals surface area contributed by atoms with Gasteiger partial charge in [0.1, 0.15) is 11.4 Å². The zero-order valence-corrected chi connectivity index (χ0v) is 19.6. The van der Waals surface area contributed by atoms with Crippen LogP contribution in [0.15, 0.2) is 45.9 Å². The molecule has 0 fully saturated rings. The van der Waals surface area contributed by atoms with Gasteiger partial charge in [-0.1, -0.05) is 6.07 Å². The van der Waals surface area contributed by atoms with Crippen LogP contribution in [-0.2, 0) is 13.0 Å². The molecule has 0 bridgehead atoms. The number of ether oxygens (including phenoxy) is 2. The minimum absolute atomic E-state index is 0.0121. The number of rotatable bonds is 7. The molecular weight excluding hydrogens is 486 g/mol. The first kappa shape index (κ1) is 23.8. The summed E-state index contributed by atoms with van der Waals surface area (Å²) < 4.78 is 16.6. The van der Waals surface area contributed by atoms with Gasteiger partial charge in [0.05, 0.1) is 21.6 Å². The number of nitro benzene ring substituents is 2. The number of amides is 1. The topological polar surface area (TPSA) is 171 Å². The molecule has 2 N–H and O–H groups in total. The number of hydrazone groups is 1. The van der Waals surface area contributed by atoms with Crippen molar-refractivity contribution in [3.8, 4) is 11.5 Å². The van der Waals surface area contributed by atoms with E-state index in [-0.39, 0.29) is 30.7 Å². The fourth-order valence-electron chi connectivity index (χ4n) is 4.32. The monoisotopic (exact) mass is 507 g/mol. The Hall–Kier alpha value is -4.94. The van der Waals surface area contributed by atoms with Crippen LogP contribution in [0, 0.1) is 27.2 Å². The fraction of sp³-hybridized carbons (Fsp3) is 0.250. The lowest BCUT2D eigenvalue weighted by molar-refractivity contribution is -0.393. The first-order chi connectivity index (χ1) is 17.8. The molecule has 5 rings (SSSR count). The molecule has 1 aliphatic carbocycles. The van der Waals surface area contributed by atoms with E-state index in [0.29, 0.717) is 53.4 Å². The summed E-state index contributed by atoms with van der Waals surface area (Å²) in [5.41, 5.74) is 4.50. The van der Waals surface area contributed by atoms with E-state index in [2.05, 4.69) is 15.8 Å². The molecule has 0 saturated carbocycles. The molecule has 2 aromatic carbocycles. The Morgan fingerprint density at radius 1 is 1.05 bits per heavy atom. The standard InChI is InChI=1S/C24H21N5O8/c1-13-22-17(27-26-16-7-6-15(28(31)32)10-18(16)29(33)34)3-2-4-20(22)37-23(13)24(30)25-11-14-5-8-19-21(9-14)36-12-35-19/h5-10,26H,2-4,11-12H2,1H3,(H,25,30)/b27-17+. The Morgan fingerprint density at radius 2 is 1.86 bits per heavy atom. The molecule has 2 aliphatic rings. The van der Waals surface area contributed by atoms with Gasteiger partial charge in [-0.15, -0.1) is 0 Å². The second-order valence-electron chi connectivity index (χ2n) is 8.46. The highest BCUT2D eigenvalue weighted by molar-refractivity contribution is 6.06. The maximum atomic E-state index is 12.9. The van der Waals surface area contributed by atoms with Crippen LogP contribution in [-0.4, -0.2) is 28.3 Å². The van der Waals surface area contributed by atoms with Gasteiger partial charge in [-0.3, -0.25) is 30.4 Å². The molecular formula is C24H21N5O8. The van der Waals surface area contributed by atoms with Crippen molar-refractivity contribution in [2.75, 3.05) is 12.2 Å². The van der Waals surface area contributed by atoms with Crippen LogP contribution >= 0.6 is 0 Å². The Kier molecular flexibility index (Phi) is 6.17. The lowest BCUT2D eigenvalue weighted by Crippen LogP contribution is -2.23. The summed E-state index contributed by atoms with van der Waals surface area (Å²) in [6.45, 7) is 2.18. The maximum absolute atomic E-state index is 12.9. The Labute approximate surface area is 209 Å². The molecule has 1 aliphatic heterocycles. The van der Waals surface area contributed by atoms with E-state index in [9.17, 15) is 25.0 Å². The third-order valence-corrected chi connectivity index (χ3v) is 6.12. The quantitative estimate of drug-likeness (QED) is 0.351. The minimum Gasteiger partial charge on any atom is -0.455 e. The molecule has 37 heavy (non-hydrogen) atoms. The summed E-state index contributed by atoms with van der Waals surface area (Å²) in [7, 11) is 0. The number of aryl methyl sites for hydroxylation is 1. The van der Waals surface area contributed by atoms with Gasteiger partial charge in [0.25, 0.3) is 11.6 Å². The Bertz CT molecular complexity index is 1460. The smallest absolute Gasteiger partial charge is 0.301 e. The van der Waals surface area contributed by atoms with Crippen molar-refractivity contribution in [2.24, 2.45) is 5.10 Å². The SMILES string of the molecule is Cc1c(C(=O)NCc2ccc3c(c2)OCO3)oc2c1/C(=N/Nc1ccc([N+](=O)[O-])cc1[N+](=O)[O-])CCC2. The number of benzene rings is 2. The average molecular weight is 507 g/mol. The lowest BCUT2D eigenvalue weighted by Gasteiger charge is -2.13. The van der Waals surface area contributed by atoms with E-state index in [1.54, 1.807) is 19.1 Å². The van der Waals surface area contributed by atoms with Gasteiger partial charge in [-0.05, 0) is 43.5 Å². The van der Waals surface area contributed by atoms with Gasteiger partial charge >= 0.3 is 5.69 Å². The van der Waals surface area contributed by atoms with Crippen molar-refractivity contribution in [1.82, 2.24) is 5.32 Å². The predicted molar refractivity (Wildman–Crippen MR) is 130 cm³/mol. The molecule has 1 amide bonds.